The number of piperidine rings is 1. The van der Waals surface area contributed by atoms with Gasteiger partial charge < -0.3 is 15.6 Å². The average Bonchev–Trinajstić information content (AvgIpc) is 2.44. The molecule has 4 N–H and O–H groups in total. The van der Waals surface area contributed by atoms with Gasteiger partial charge in [-0.2, -0.15) is 0 Å². The Hall–Kier alpha value is -1.66. The molecular formula is C14H23N5O. The molecule has 110 valence electrons. The minimum Gasteiger partial charge on any atom is -0.352 e. The number of carbonyl (C=O) groups is 1. The summed E-state index contributed by atoms with van der Waals surface area (Å²) < 4.78 is 0. The summed E-state index contributed by atoms with van der Waals surface area (Å²) in [5.41, 5.74) is 3.84. The van der Waals surface area contributed by atoms with Gasteiger partial charge in [-0.1, -0.05) is 0 Å². The molecule has 2 heterocycles. The Bertz CT molecular complexity index is 477. The van der Waals surface area contributed by atoms with Crippen LogP contribution in [-0.2, 0) is 0 Å². The van der Waals surface area contributed by atoms with Gasteiger partial charge in [-0.05, 0) is 51.4 Å². The third-order valence-electron chi connectivity index (χ3n) is 3.64. The van der Waals surface area contributed by atoms with E-state index < -0.39 is 0 Å². The van der Waals surface area contributed by atoms with Gasteiger partial charge >= 0.3 is 0 Å². The van der Waals surface area contributed by atoms with E-state index in [1.54, 1.807) is 12.1 Å². The fourth-order valence-electron chi connectivity index (χ4n) is 2.65. The topological polar surface area (TPSA) is 83.3 Å². The number of nitrogens with zero attached hydrogens (tertiary/aromatic N) is 2. The van der Waals surface area contributed by atoms with Gasteiger partial charge in [0.25, 0.3) is 5.91 Å². The molecular weight excluding hydrogens is 254 g/mol. The fraction of sp³-hybridized carbons (Fsp3) is 0.571. The lowest BCUT2D eigenvalue weighted by Crippen LogP contribution is -2.39. The molecule has 0 bridgehead atoms. The molecule has 6 heteroatoms. The minimum absolute atomic E-state index is 0.0692. The molecule has 1 saturated heterocycles. The van der Waals surface area contributed by atoms with Crippen molar-refractivity contribution in [3.05, 3.63) is 23.4 Å². The van der Waals surface area contributed by atoms with Crippen LogP contribution in [0.4, 0.5) is 5.82 Å². The van der Waals surface area contributed by atoms with Crippen LogP contribution in [0.15, 0.2) is 12.1 Å². The highest BCUT2D eigenvalue weighted by Gasteiger charge is 2.18. The highest BCUT2D eigenvalue weighted by molar-refractivity contribution is 5.94. The molecule has 1 aromatic heterocycles. The number of hydrogen-bond donors (Lipinski definition) is 3. The van der Waals surface area contributed by atoms with Crippen molar-refractivity contribution in [2.75, 3.05) is 32.1 Å². The maximum atomic E-state index is 12.2. The second-order valence-electron chi connectivity index (χ2n) is 5.51. The van der Waals surface area contributed by atoms with Gasteiger partial charge in [0.05, 0.1) is 0 Å². The van der Waals surface area contributed by atoms with E-state index in [2.05, 4.69) is 27.7 Å². The van der Waals surface area contributed by atoms with E-state index in [9.17, 15) is 4.79 Å². The molecule has 0 aromatic carbocycles. The standard InChI is InChI=1S/C14H23N5O/c1-10-6-12(7-13(17-10)18-15)14(20)16-8-11-4-3-5-19(2)9-11/h6-7,11H,3-5,8-9,15H2,1-2H3,(H,16,20)(H,17,18). The summed E-state index contributed by atoms with van der Waals surface area (Å²) in [7, 11) is 2.12. The zero-order chi connectivity index (χ0) is 14.5. The van der Waals surface area contributed by atoms with Crippen LogP contribution in [0.25, 0.3) is 0 Å². The molecule has 20 heavy (non-hydrogen) atoms. The molecule has 1 atom stereocenters. The molecule has 0 aliphatic carbocycles. The van der Waals surface area contributed by atoms with Crippen LogP contribution in [0.5, 0.6) is 0 Å². The number of nitrogens with one attached hydrogen (secondary N) is 2. The lowest BCUT2D eigenvalue weighted by molar-refractivity contribution is 0.0936. The third kappa shape index (κ3) is 3.91. The second kappa shape index (κ2) is 6.67. The molecule has 2 rings (SSSR count). The molecule has 1 unspecified atom stereocenters. The molecule has 0 saturated carbocycles. The first-order chi connectivity index (χ1) is 9.58. The SMILES string of the molecule is Cc1cc(C(=O)NCC2CCCN(C)C2)cc(NN)n1. The number of amides is 1. The Morgan fingerprint density at radius 1 is 1.55 bits per heavy atom. The number of aromatic nitrogens is 1. The van der Waals surface area contributed by atoms with E-state index >= 15 is 0 Å². The number of nitrogen functional groups attached to an aromatic ring is 1. The van der Waals surface area contributed by atoms with Crippen molar-refractivity contribution in [3.8, 4) is 0 Å². The predicted molar refractivity (Wildman–Crippen MR) is 79.3 cm³/mol. The highest BCUT2D eigenvalue weighted by Crippen LogP contribution is 2.14. The lowest BCUT2D eigenvalue weighted by Gasteiger charge is -2.29. The van der Waals surface area contributed by atoms with E-state index in [-0.39, 0.29) is 5.91 Å². The van der Waals surface area contributed by atoms with Crippen LogP contribution < -0.4 is 16.6 Å². The molecule has 0 radical (unpaired) electrons. The van der Waals surface area contributed by atoms with Crippen LogP contribution in [-0.4, -0.2) is 42.5 Å². The van der Waals surface area contributed by atoms with Crippen molar-refractivity contribution in [3.63, 3.8) is 0 Å². The molecule has 1 fully saturated rings. The molecule has 1 aliphatic heterocycles. The third-order valence-corrected chi connectivity index (χ3v) is 3.64. The van der Waals surface area contributed by atoms with Crippen molar-refractivity contribution in [2.24, 2.45) is 11.8 Å². The van der Waals surface area contributed by atoms with E-state index in [0.29, 0.717) is 17.3 Å². The van der Waals surface area contributed by atoms with E-state index in [1.807, 2.05) is 6.92 Å². The van der Waals surface area contributed by atoms with Crippen molar-refractivity contribution >= 4 is 11.7 Å². The zero-order valence-corrected chi connectivity index (χ0v) is 12.1. The van der Waals surface area contributed by atoms with Crippen LogP contribution >= 0.6 is 0 Å². The molecule has 0 spiro atoms. The summed E-state index contributed by atoms with van der Waals surface area (Å²) in [5.74, 6) is 6.32. The Kier molecular flexibility index (Phi) is 4.92. The maximum Gasteiger partial charge on any atom is 0.251 e. The number of hydrazine groups is 1. The number of pyridine rings is 1. The van der Waals surface area contributed by atoms with E-state index in [1.165, 1.54) is 12.8 Å². The Balaban J connectivity index is 1.93. The van der Waals surface area contributed by atoms with Crippen molar-refractivity contribution < 1.29 is 4.79 Å². The number of anilines is 1. The summed E-state index contributed by atoms with van der Waals surface area (Å²) in [5, 5.41) is 3.01. The van der Waals surface area contributed by atoms with Crippen LogP contribution in [0, 0.1) is 12.8 Å². The zero-order valence-electron chi connectivity index (χ0n) is 12.1. The van der Waals surface area contributed by atoms with Crippen molar-refractivity contribution in [1.82, 2.24) is 15.2 Å². The van der Waals surface area contributed by atoms with Crippen molar-refractivity contribution in [1.29, 1.82) is 0 Å². The number of hydrogen-bond acceptors (Lipinski definition) is 5. The second-order valence-corrected chi connectivity index (χ2v) is 5.51. The summed E-state index contributed by atoms with van der Waals surface area (Å²) in [6, 6.07) is 3.43. The van der Waals surface area contributed by atoms with E-state index in [4.69, 9.17) is 5.84 Å². The number of nitrogens with two attached hydrogens (primary N) is 1. The first-order valence-electron chi connectivity index (χ1n) is 7.00. The normalized spacial score (nSPS) is 19.6. The molecule has 1 amide bonds. The molecule has 1 aliphatic rings. The van der Waals surface area contributed by atoms with Crippen LogP contribution in [0.2, 0.25) is 0 Å². The maximum absolute atomic E-state index is 12.2. The van der Waals surface area contributed by atoms with Crippen LogP contribution in [0.1, 0.15) is 28.9 Å². The van der Waals surface area contributed by atoms with Gasteiger partial charge in [0.1, 0.15) is 5.82 Å². The predicted octanol–water partition coefficient (Wildman–Crippen LogP) is 0.747. The molecule has 1 aromatic rings. The van der Waals surface area contributed by atoms with Gasteiger partial charge in [0.2, 0.25) is 0 Å². The quantitative estimate of drug-likeness (QED) is 0.559. The largest absolute Gasteiger partial charge is 0.352 e. The summed E-state index contributed by atoms with van der Waals surface area (Å²) in [6.45, 7) is 4.76. The van der Waals surface area contributed by atoms with Gasteiger partial charge in [0, 0.05) is 24.3 Å². The van der Waals surface area contributed by atoms with Crippen LogP contribution in [0.3, 0.4) is 0 Å². The summed E-state index contributed by atoms with van der Waals surface area (Å²) >= 11 is 0. The number of rotatable bonds is 4. The first kappa shape index (κ1) is 14.7. The smallest absolute Gasteiger partial charge is 0.251 e. The lowest BCUT2D eigenvalue weighted by atomic mass is 9.98. The Morgan fingerprint density at radius 2 is 2.35 bits per heavy atom. The number of aryl methyl sites for hydroxylation is 1. The molecule has 6 nitrogen and oxygen atoms in total. The number of likely N-dealkylation sites (tertiary alicyclic amines) is 1. The number of carbonyl (C=O) groups excluding carboxylic acids is 1. The van der Waals surface area contributed by atoms with Gasteiger partial charge in [0.15, 0.2) is 0 Å². The average molecular weight is 277 g/mol. The van der Waals surface area contributed by atoms with Gasteiger partial charge in [-0.3, -0.25) is 4.79 Å². The Morgan fingerprint density at radius 3 is 3.05 bits per heavy atom. The van der Waals surface area contributed by atoms with E-state index in [0.717, 1.165) is 25.3 Å². The van der Waals surface area contributed by atoms with Crippen molar-refractivity contribution in [2.45, 2.75) is 19.8 Å². The fourth-order valence-corrected chi connectivity index (χ4v) is 2.65. The summed E-state index contributed by atoms with van der Waals surface area (Å²) in [6.07, 6.45) is 2.38. The Labute approximate surface area is 119 Å². The van der Waals surface area contributed by atoms with Gasteiger partial charge in [-0.15, -0.1) is 0 Å². The minimum atomic E-state index is -0.0692. The monoisotopic (exact) mass is 277 g/mol. The first-order valence-corrected chi connectivity index (χ1v) is 7.00. The highest BCUT2D eigenvalue weighted by atomic mass is 16.1. The summed E-state index contributed by atoms with van der Waals surface area (Å²) in [4.78, 5) is 18.7. The van der Waals surface area contributed by atoms with Gasteiger partial charge in [-0.25, -0.2) is 10.8 Å².